The second kappa shape index (κ2) is 5.61. The van der Waals surface area contributed by atoms with Crippen molar-refractivity contribution in [3.8, 4) is 0 Å². The second-order valence-corrected chi connectivity index (χ2v) is 8.38. The maximum atomic E-state index is 12.0. The van der Waals surface area contributed by atoms with E-state index in [-0.39, 0.29) is 6.09 Å². The molecule has 0 aliphatic carbocycles. The number of hydrogen-bond acceptors (Lipinski definition) is 5. The van der Waals surface area contributed by atoms with E-state index in [2.05, 4.69) is 20.9 Å². The molecule has 0 saturated carbocycles. The molecule has 5 nitrogen and oxygen atoms in total. The molecule has 1 aliphatic heterocycles. The molecule has 20 heavy (non-hydrogen) atoms. The molecule has 112 valence electrons. The quantitative estimate of drug-likeness (QED) is 0.833. The van der Waals surface area contributed by atoms with Gasteiger partial charge in [-0.3, -0.25) is 0 Å². The van der Waals surface area contributed by atoms with E-state index in [9.17, 15) is 9.90 Å². The van der Waals surface area contributed by atoms with Crippen LogP contribution >= 0.6 is 27.3 Å². The molecule has 0 atom stereocenters. The topological polar surface area (TPSA) is 62.7 Å². The van der Waals surface area contributed by atoms with Gasteiger partial charge in [-0.2, -0.15) is 0 Å². The number of aliphatic hydroxyl groups is 1. The van der Waals surface area contributed by atoms with Crippen LogP contribution in [0.2, 0.25) is 0 Å². The fourth-order valence-corrected chi connectivity index (χ4v) is 3.42. The number of thiazole rings is 1. The van der Waals surface area contributed by atoms with Crippen LogP contribution in [0.15, 0.2) is 9.98 Å². The van der Waals surface area contributed by atoms with Crippen LogP contribution < -0.4 is 0 Å². The number of ether oxygens (including phenoxy) is 1. The number of halogens is 1. The fourth-order valence-electron chi connectivity index (χ4n) is 2.07. The third-order valence-corrected chi connectivity index (χ3v) is 4.79. The number of likely N-dealkylation sites (tertiary alicyclic amines) is 1. The zero-order valence-corrected chi connectivity index (χ0v) is 14.3. The van der Waals surface area contributed by atoms with Gasteiger partial charge in [0.15, 0.2) is 0 Å². The lowest BCUT2D eigenvalue weighted by molar-refractivity contribution is -0.0357. The Labute approximate surface area is 131 Å². The van der Waals surface area contributed by atoms with Crippen LogP contribution in [0, 0.1) is 0 Å². The van der Waals surface area contributed by atoms with Gasteiger partial charge in [-0.15, -0.1) is 11.3 Å². The van der Waals surface area contributed by atoms with Gasteiger partial charge in [-0.1, -0.05) is 0 Å². The molecule has 1 saturated heterocycles. The third-order valence-electron chi connectivity index (χ3n) is 3.12. The zero-order chi connectivity index (χ0) is 15.0. The molecule has 0 aromatic carbocycles. The first-order chi connectivity index (χ1) is 9.20. The Morgan fingerprint density at radius 1 is 1.50 bits per heavy atom. The zero-order valence-electron chi connectivity index (χ0n) is 11.9. The summed E-state index contributed by atoms with van der Waals surface area (Å²) < 4.78 is 6.24. The van der Waals surface area contributed by atoms with Gasteiger partial charge in [-0.05, 0) is 36.7 Å². The van der Waals surface area contributed by atoms with Crippen LogP contribution in [0.5, 0.6) is 0 Å². The molecule has 1 aromatic rings. The van der Waals surface area contributed by atoms with Gasteiger partial charge in [0.25, 0.3) is 0 Å². The van der Waals surface area contributed by atoms with Crippen molar-refractivity contribution in [2.45, 2.75) is 44.8 Å². The number of piperidine rings is 1. The first-order valence-corrected chi connectivity index (χ1v) is 8.13. The summed E-state index contributed by atoms with van der Waals surface area (Å²) >= 11 is 4.79. The highest BCUT2D eigenvalue weighted by Crippen LogP contribution is 2.36. The van der Waals surface area contributed by atoms with Crippen molar-refractivity contribution in [2.24, 2.45) is 0 Å². The molecule has 2 rings (SSSR count). The molecule has 0 spiro atoms. The van der Waals surface area contributed by atoms with E-state index in [0.29, 0.717) is 30.9 Å². The lowest BCUT2D eigenvalue weighted by Gasteiger charge is -2.37. The monoisotopic (exact) mass is 362 g/mol. The predicted molar refractivity (Wildman–Crippen MR) is 80.8 cm³/mol. The van der Waals surface area contributed by atoms with Crippen LogP contribution in [0.4, 0.5) is 4.79 Å². The molecule has 0 unspecified atom stereocenters. The highest BCUT2D eigenvalue weighted by atomic mass is 79.9. The van der Waals surface area contributed by atoms with Crippen molar-refractivity contribution in [1.82, 2.24) is 9.88 Å². The third kappa shape index (κ3) is 3.71. The Balaban J connectivity index is 1.97. The SMILES string of the molecule is CC(C)(C)OC(=O)N1CCC(O)(c2ncc(Br)s2)CC1. The van der Waals surface area contributed by atoms with Crippen LogP contribution in [0.3, 0.4) is 0 Å². The Kier molecular flexibility index (Phi) is 4.41. The van der Waals surface area contributed by atoms with Gasteiger partial charge < -0.3 is 14.7 Å². The number of carbonyl (C=O) groups excluding carboxylic acids is 1. The lowest BCUT2D eigenvalue weighted by Crippen LogP contribution is -2.46. The number of carbonyl (C=O) groups is 1. The van der Waals surface area contributed by atoms with E-state index < -0.39 is 11.2 Å². The standard InChI is InChI=1S/C13H19BrN2O3S/c1-12(2,3)19-11(17)16-6-4-13(18,5-7-16)10-15-8-9(14)20-10/h8,18H,4-7H2,1-3H3. The lowest BCUT2D eigenvalue weighted by atomic mass is 9.92. The number of amides is 1. The van der Waals surface area contributed by atoms with Crippen LogP contribution in [0.1, 0.15) is 38.6 Å². The molecule has 1 aromatic heterocycles. The van der Waals surface area contributed by atoms with Gasteiger partial charge in [0, 0.05) is 25.9 Å². The summed E-state index contributed by atoms with van der Waals surface area (Å²) in [7, 11) is 0. The average molecular weight is 363 g/mol. The number of aromatic nitrogens is 1. The highest BCUT2D eigenvalue weighted by molar-refractivity contribution is 9.11. The Morgan fingerprint density at radius 3 is 2.55 bits per heavy atom. The molecule has 7 heteroatoms. The minimum Gasteiger partial charge on any atom is -0.444 e. The molecule has 0 radical (unpaired) electrons. The Hall–Kier alpha value is -0.660. The van der Waals surface area contributed by atoms with Gasteiger partial charge in [0.2, 0.25) is 0 Å². The molecule has 1 aliphatic rings. The number of hydrogen-bond donors (Lipinski definition) is 1. The van der Waals surface area contributed by atoms with Gasteiger partial charge in [-0.25, -0.2) is 9.78 Å². The molecule has 0 bridgehead atoms. The Bertz CT molecular complexity index is 490. The van der Waals surface area contributed by atoms with E-state index in [4.69, 9.17) is 4.74 Å². The van der Waals surface area contributed by atoms with E-state index in [1.54, 1.807) is 11.1 Å². The van der Waals surface area contributed by atoms with Crippen molar-refractivity contribution < 1.29 is 14.6 Å². The van der Waals surface area contributed by atoms with Crippen molar-refractivity contribution in [3.63, 3.8) is 0 Å². The first-order valence-electron chi connectivity index (χ1n) is 6.52. The van der Waals surface area contributed by atoms with E-state index in [1.807, 2.05) is 20.8 Å². The normalized spacial score (nSPS) is 18.9. The van der Waals surface area contributed by atoms with E-state index in [0.717, 1.165) is 3.79 Å². The van der Waals surface area contributed by atoms with Crippen LogP contribution in [-0.2, 0) is 10.3 Å². The molecular formula is C13H19BrN2O3S. The van der Waals surface area contributed by atoms with Crippen LogP contribution in [0.25, 0.3) is 0 Å². The molecule has 1 N–H and O–H groups in total. The molecule has 1 fully saturated rings. The smallest absolute Gasteiger partial charge is 0.410 e. The van der Waals surface area contributed by atoms with Gasteiger partial charge in [0.1, 0.15) is 16.2 Å². The number of rotatable bonds is 1. The summed E-state index contributed by atoms with van der Waals surface area (Å²) in [6, 6.07) is 0. The summed E-state index contributed by atoms with van der Waals surface area (Å²) in [6.45, 7) is 6.49. The van der Waals surface area contributed by atoms with Crippen molar-refractivity contribution in [1.29, 1.82) is 0 Å². The summed E-state index contributed by atoms with van der Waals surface area (Å²) in [6.07, 6.45) is 2.33. The van der Waals surface area contributed by atoms with Gasteiger partial charge in [0.05, 0.1) is 9.98 Å². The van der Waals surface area contributed by atoms with Crippen molar-refractivity contribution >= 4 is 33.4 Å². The summed E-state index contributed by atoms with van der Waals surface area (Å²) in [5, 5.41) is 11.3. The minimum absolute atomic E-state index is 0.320. The van der Waals surface area contributed by atoms with Crippen molar-refractivity contribution in [2.75, 3.05) is 13.1 Å². The first kappa shape index (κ1) is 15.7. The maximum Gasteiger partial charge on any atom is 0.410 e. The molecule has 2 heterocycles. The molecule has 1 amide bonds. The average Bonchev–Trinajstić information content (AvgIpc) is 2.75. The maximum absolute atomic E-state index is 12.0. The largest absolute Gasteiger partial charge is 0.444 e. The highest BCUT2D eigenvalue weighted by Gasteiger charge is 2.38. The summed E-state index contributed by atoms with van der Waals surface area (Å²) in [5.74, 6) is 0. The minimum atomic E-state index is -0.935. The van der Waals surface area contributed by atoms with Crippen LogP contribution in [-0.4, -0.2) is 39.8 Å². The predicted octanol–water partition coefficient (Wildman–Crippen LogP) is 3.12. The summed E-state index contributed by atoms with van der Waals surface area (Å²) in [5.41, 5.74) is -1.43. The molecular weight excluding hydrogens is 344 g/mol. The summed E-state index contributed by atoms with van der Waals surface area (Å²) in [4.78, 5) is 17.8. The second-order valence-electron chi connectivity index (χ2n) is 5.97. The fraction of sp³-hybridized carbons (Fsp3) is 0.692. The van der Waals surface area contributed by atoms with E-state index in [1.165, 1.54) is 11.3 Å². The van der Waals surface area contributed by atoms with Crippen molar-refractivity contribution in [3.05, 3.63) is 15.0 Å². The Morgan fingerprint density at radius 2 is 2.10 bits per heavy atom. The number of nitrogens with zero attached hydrogens (tertiary/aromatic N) is 2. The van der Waals surface area contributed by atoms with Gasteiger partial charge >= 0.3 is 6.09 Å². The van der Waals surface area contributed by atoms with E-state index >= 15 is 0 Å².